The molecule has 1 unspecified atom stereocenters. The van der Waals surface area contributed by atoms with Crippen LogP contribution in [0.4, 0.5) is 19.3 Å². The van der Waals surface area contributed by atoms with Crippen molar-refractivity contribution in [1.82, 2.24) is 30.7 Å². The Kier molecular flexibility index (Phi) is 14.3. The number of urea groups is 1. The number of amides is 7. The lowest BCUT2D eigenvalue weighted by Gasteiger charge is -2.36. The van der Waals surface area contributed by atoms with Gasteiger partial charge in [0.1, 0.15) is 47.4 Å². The van der Waals surface area contributed by atoms with Crippen LogP contribution in [0.15, 0.2) is 42.5 Å². The number of benzene rings is 2. The molecule has 0 aromatic heterocycles. The van der Waals surface area contributed by atoms with Crippen molar-refractivity contribution in [3.63, 3.8) is 0 Å². The number of nitrogens with zero attached hydrogens (tertiary/aromatic N) is 3. The summed E-state index contributed by atoms with van der Waals surface area (Å²) in [7, 11) is 1.27. The molecule has 9 atom stereocenters. The zero-order valence-electron chi connectivity index (χ0n) is 34.7. The third kappa shape index (κ3) is 10.3. The number of nitrogens with one attached hydrogen (secondary N) is 4. The van der Waals surface area contributed by atoms with Crippen LogP contribution in [-0.2, 0) is 41.6 Å². The van der Waals surface area contributed by atoms with Gasteiger partial charge in [0, 0.05) is 44.7 Å². The third-order valence-electron chi connectivity index (χ3n) is 11.5. The summed E-state index contributed by atoms with van der Waals surface area (Å²) in [4.78, 5) is 98.1. The second-order valence-electron chi connectivity index (χ2n) is 16.4. The van der Waals surface area contributed by atoms with E-state index in [9.17, 15) is 52.6 Å². The molecule has 1 spiro atoms. The topological polar surface area (TPSA) is 218 Å². The van der Waals surface area contributed by atoms with Crippen molar-refractivity contribution >= 4 is 47.0 Å². The van der Waals surface area contributed by atoms with Crippen LogP contribution in [0.5, 0.6) is 0 Å². The molecule has 2 heterocycles. The van der Waals surface area contributed by atoms with Crippen LogP contribution in [0.3, 0.4) is 0 Å². The van der Waals surface area contributed by atoms with Crippen molar-refractivity contribution in [3.05, 3.63) is 65.2 Å². The van der Waals surface area contributed by atoms with Gasteiger partial charge in [-0.3, -0.25) is 28.8 Å². The van der Waals surface area contributed by atoms with E-state index >= 15 is 0 Å². The highest BCUT2D eigenvalue weighted by molar-refractivity contribution is 6.09. The van der Waals surface area contributed by atoms with Gasteiger partial charge in [-0.2, -0.15) is 0 Å². The lowest BCUT2D eigenvalue weighted by molar-refractivity contribution is -0.151. The number of halogens is 2. The first-order valence-corrected chi connectivity index (χ1v) is 20.3. The maximum Gasteiger partial charge on any atom is 0.319 e. The fraction of sp³-hybridized carbons (Fsp3) is 0.548. The van der Waals surface area contributed by atoms with Crippen molar-refractivity contribution < 1.29 is 52.6 Å². The SMILES string of the molecule is CCc1ccc(NC(=O)N[C@@H](Cc2cc(F)cc(F)c2)C(=O)N[C@H](C(=O)N2CCC[C@H]2C(=O)N(C)[C@H](C(=O)N[C@@H](C)C(=O)N2C[C@@H](C)C[C@]23CC3=O)[C@H](C)O)C(C)O)cc1. The highest BCUT2D eigenvalue weighted by Crippen LogP contribution is 2.48. The summed E-state index contributed by atoms with van der Waals surface area (Å²) < 4.78 is 28.3. The number of aryl methyl sites for hydroxylation is 1. The number of aliphatic hydroxyl groups excluding tert-OH is 2. The number of Topliss-reactive ketones (excluding diaryl/α,β-unsaturated/α-hetero) is 1. The number of rotatable bonds is 15. The van der Waals surface area contributed by atoms with Crippen LogP contribution in [0.25, 0.3) is 0 Å². The molecular weight excluding hydrogens is 784 g/mol. The molecule has 7 amide bonds. The molecule has 6 N–H and O–H groups in total. The van der Waals surface area contributed by atoms with Crippen molar-refractivity contribution in [1.29, 1.82) is 0 Å². The zero-order valence-corrected chi connectivity index (χ0v) is 34.7. The molecule has 60 heavy (non-hydrogen) atoms. The second kappa shape index (κ2) is 18.8. The Bertz CT molecular complexity index is 1960. The largest absolute Gasteiger partial charge is 0.391 e. The Hall–Kier alpha value is -5.49. The van der Waals surface area contributed by atoms with Gasteiger partial charge in [-0.25, -0.2) is 13.6 Å². The first-order chi connectivity index (χ1) is 28.3. The highest BCUT2D eigenvalue weighted by atomic mass is 19.1. The third-order valence-corrected chi connectivity index (χ3v) is 11.5. The highest BCUT2D eigenvalue weighted by Gasteiger charge is 2.63. The molecule has 1 aliphatic carbocycles. The molecule has 2 aliphatic heterocycles. The summed E-state index contributed by atoms with van der Waals surface area (Å²) >= 11 is 0. The number of carbonyl (C=O) groups excluding carboxylic acids is 7. The maximum absolute atomic E-state index is 14.2. The van der Waals surface area contributed by atoms with Gasteiger partial charge in [-0.15, -0.1) is 0 Å². The van der Waals surface area contributed by atoms with Gasteiger partial charge in [-0.05, 0) is 87.8 Å². The predicted molar refractivity (Wildman–Crippen MR) is 214 cm³/mol. The van der Waals surface area contributed by atoms with E-state index in [2.05, 4.69) is 21.3 Å². The van der Waals surface area contributed by atoms with Crippen molar-refractivity contribution in [2.24, 2.45) is 5.92 Å². The minimum Gasteiger partial charge on any atom is -0.391 e. The summed E-state index contributed by atoms with van der Waals surface area (Å²) in [5.41, 5.74) is 0.573. The quantitative estimate of drug-likeness (QED) is 0.153. The molecular formula is C42H55F2N7O9. The summed E-state index contributed by atoms with van der Waals surface area (Å²) in [5, 5.41) is 31.6. The summed E-state index contributed by atoms with van der Waals surface area (Å²) in [6.45, 7) is 8.27. The smallest absolute Gasteiger partial charge is 0.319 e. The van der Waals surface area contributed by atoms with Gasteiger partial charge in [0.2, 0.25) is 29.5 Å². The van der Waals surface area contributed by atoms with Gasteiger partial charge < -0.3 is 46.2 Å². The number of hydrogen-bond acceptors (Lipinski definition) is 9. The van der Waals surface area contributed by atoms with Gasteiger partial charge in [0.05, 0.1) is 12.2 Å². The predicted octanol–water partition coefficient (Wildman–Crippen LogP) is 1.41. The molecule has 1 saturated carbocycles. The normalized spacial score (nSPS) is 22.6. The van der Waals surface area contributed by atoms with E-state index in [4.69, 9.17) is 0 Å². The van der Waals surface area contributed by atoms with E-state index < -0.39 is 102 Å². The van der Waals surface area contributed by atoms with Crippen LogP contribution >= 0.6 is 0 Å². The number of anilines is 1. The molecule has 16 nitrogen and oxygen atoms in total. The van der Waals surface area contributed by atoms with Crippen LogP contribution in [0.2, 0.25) is 0 Å². The van der Waals surface area contributed by atoms with Crippen LogP contribution in [0, 0.1) is 17.6 Å². The Morgan fingerprint density at radius 1 is 0.900 bits per heavy atom. The van der Waals surface area contributed by atoms with Crippen molar-refractivity contribution in [2.45, 2.75) is 121 Å². The van der Waals surface area contributed by atoms with Crippen LogP contribution < -0.4 is 21.3 Å². The number of hydrogen-bond donors (Lipinski definition) is 6. The molecule has 2 aromatic rings. The minimum absolute atomic E-state index is 0.0106. The van der Waals surface area contributed by atoms with Crippen molar-refractivity contribution in [2.75, 3.05) is 25.5 Å². The van der Waals surface area contributed by atoms with Gasteiger partial charge in [-0.1, -0.05) is 26.0 Å². The monoisotopic (exact) mass is 839 g/mol. The average molecular weight is 840 g/mol. The summed E-state index contributed by atoms with van der Waals surface area (Å²) in [5.74, 6) is -5.65. The first-order valence-electron chi connectivity index (χ1n) is 20.3. The molecule has 2 aromatic carbocycles. The first kappa shape index (κ1) is 45.6. The van der Waals surface area contributed by atoms with Crippen LogP contribution in [0.1, 0.15) is 71.4 Å². The van der Waals surface area contributed by atoms with E-state index in [1.54, 1.807) is 24.3 Å². The minimum atomic E-state index is -1.66. The number of ketones is 1. The standard InChI is InChI=1S/C42H55F2N7O9/c1-7-26-10-12-30(13-11-26)46-41(60)47-31(17-27-15-28(43)18-29(44)16-27)36(55)48-34(24(4)52)40(59)50-14-8-9-32(50)39(58)49(6)35(25(5)53)37(56)45-23(3)38(57)51-21-22(2)19-42(51)20-33(42)54/h10-13,15-16,18,22-25,31-32,34-35,52-53H,7-9,14,17,19-21H2,1-6H3,(H,45,56)(H,48,55)(H2,46,47,60)/t22-,23-,24?,25-,31-,32-,34-,35-,42+/m0/s1. The molecule has 18 heteroatoms. The Morgan fingerprint density at radius 2 is 1.53 bits per heavy atom. The van der Waals surface area contributed by atoms with E-state index in [-0.39, 0.29) is 36.7 Å². The number of aliphatic hydroxyl groups is 2. The summed E-state index contributed by atoms with van der Waals surface area (Å²) in [6.07, 6.45) is -1.35. The Morgan fingerprint density at radius 3 is 2.10 bits per heavy atom. The fourth-order valence-corrected chi connectivity index (χ4v) is 8.31. The number of likely N-dealkylation sites (N-methyl/N-ethyl adjacent to an activating group) is 1. The zero-order chi connectivity index (χ0) is 44.2. The van der Waals surface area contributed by atoms with E-state index in [1.807, 2.05) is 13.8 Å². The molecule has 3 aliphatic rings. The Balaban J connectivity index is 1.28. The maximum atomic E-state index is 14.2. The molecule has 0 radical (unpaired) electrons. The van der Waals surface area contributed by atoms with Gasteiger partial charge in [0.25, 0.3) is 0 Å². The Labute approximate surface area is 347 Å². The molecule has 3 fully saturated rings. The molecule has 0 bridgehead atoms. The lowest BCUT2D eigenvalue weighted by Crippen LogP contribution is -2.62. The molecule has 326 valence electrons. The van der Waals surface area contributed by atoms with Crippen molar-refractivity contribution in [3.8, 4) is 0 Å². The summed E-state index contributed by atoms with van der Waals surface area (Å²) in [6, 6.07) is 1.74. The van der Waals surface area contributed by atoms with Crippen LogP contribution in [-0.4, -0.2) is 134 Å². The average Bonchev–Trinajstić information content (AvgIpc) is 3.45. The number of carbonyl (C=O) groups is 7. The van der Waals surface area contributed by atoms with E-state index in [1.165, 1.54) is 32.7 Å². The van der Waals surface area contributed by atoms with Gasteiger partial charge in [0.15, 0.2) is 5.78 Å². The molecule has 2 saturated heterocycles. The van der Waals surface area contributed by atoms with E-state index in [0.717, 1.165) is 33.9 Å². The fourth-order valence-electron chi connectivity index (χ4n) is 8.31. The lowest BCUT2D eigenvalue weighted by atomic mass is 10.0. The second-order valence-corrected chi connectivity index (χ2v) is 16.4. The molecule has 5 rings (SSSR count). The number of likely N-dealkylation sites (tertiary alicyclic amines) is 2. The van der Waals surface area contributed by atoms with E-state index in [0.29, 0.717) is 31.1 Å². The van der Waals surface area contributed by atoms with Gasteiger partial charge >= 0.3 is 6.03 Å².